The SMILES string of the molecule is Cn1nnc(Cn2cc(CNC(=O)CN)nn2)n1. The Labute approximate surface area is 102 Å². The largest absolute Gasteiger partial charge is 0.349 e. The first-order valence-electron chi connectivity index (χ1n) is 5.26. The lowest BCUT2D eigenvalue weighted by atomic mass is 10.4. The number of nitrogens with zero attached hydrogens (tertiary/aromatic N) is 7. The van der Waals surface area contributed by atoms with Gasteiger partial charge in [-0.25, -0.2) is 4.68 Å². The van der Waals surface area contributed by atoms with Crippen molar-refractivity contribution in [1.82, 2.24) is 40.5 Å². The first-order chi connectivity index (χ1) is 8.67. The van der Waals surface area contributed by atoms with Crippen LogP contribution in [0.5, 0.6) is 0 Å². The van der Waals surface area contributed by atoms with E-state index in [-0.39, 0.29) is 12.5 Å². The number of hydrogen-bond donors (Lipinski definition) is 2. The number of carbonyl (C=O) groups excluding carboxylic acids is 1. The second kappa shape index (κ2) is 5.31. The fourth-order valence-corrected chi connectivity index (χ4v) is 1.29. The highest BCUT2D eigenvalue weighted by atomic mass is 16.1. The zero-order valence-electron chi connectivity index (χ0n) is 9.81. The quantitative estimate of drug-likeness (QED) is 0.597. The summed E-state index contributed by atoms with van der Waals surface area (Å²) in [6.07, 6.45) is 1.70. The van der Waals surface area contributed by atoms with Crippen LogP contribution in [0.3, 0.4) is 0 Å². The van der Waals surface area contributed by atoms with Gasteiger partial charge in [0, 0.05) is 0 Å². The molecule has 0 aliphatic rings. The van der Waals surface area contributed by atoms with Crippen LogP contribution >= 0.6 is 0 Å². The fourth-order valence-electron chi connectivity index (χ4n) is 1.29. The molecule has 18 heavy (non-hydrogen) atoms. The second-order valence-electron chi connectivity index (χ2n) is 3.58. The van der Waals surface area contributed by atoms with Crippen molar-refractivity contribution in [2.45, 2.75) is 13.1 Å². The van der Waals surface area contributed by atoms with Crippen LogP contribution in [-0.4, -0.2) is 47.7 Å². The van der Waals surface area contributed by atoms with E-state index in [0.717, 1.165) is 0 Å². The summed E-state index contributed by atoms with van der Waals surface area (Å²) in [5.41, 5.74) is 5.81. The Morgan fingerprint density at radius 2 is 2.28 bits per heavy atom. The molecular formula is C8H13N9O. The van der Waals surface area contributed by atoms with Crippen molar-refractivity contribution in [2.24, 2.45) is 12.8 Å². The molecule has 2 rings (SSSR count). The molecule has 0 fully saturated rings. The lowest BCUT2D eigenvalue weighted by molar-refractivity contribution is -0.119. The lowest BCUT2D eigenvalue weighted by Gasteiger charge is -1.98. The Kier molecular flexibility index (Phi) is 3.57. The summed E-state index contributed by atoms with van der Waals surface area (Å²) in [5.74, 6) is 0.306. The highest BCUT2D eigenvalue weighted by Crippen LogP contribution is 1.95. The maximum absolute atomic E-state index is 11.0. The molecule has 96 valence electrons. The smallest absolute Gasteiger partial charge is 0.234 e. The van der Waals surface area contributed by atoms with Crippen molar-refractivity contribution in [1.29, 1.82) is 0 Å². The maximum Gasteiger partial charge on any atom is 0.234 e. The van der Waals surface area contributed by atoms with Gasteiger partial charge in [0.25, 0.3) is 0 Å². The number of amides is 1. The number of rotatable bonds is 5. The van der Waals surface area contributed by atoms with Crippen molar-refractivity contribution in [3.63, 3.8) is 0 Å². The van der Waals surface area contributed by atoms with Crippen LogP contribution in [0.4, 0.5) is 0 Å². The summed E-state index contributed by atoms with van der Waals surface area (Å²) in [6, 6.07) is 0. The van der Waals surface area contributed by atoms with Crippen LogP contribution in [0.25, 0.3) is 0 Å². The van der Waals surface area contributed by atoms with Crippen molar-refractivity contribution in [3.8, 4) is 0 Å². The summed E-state index contributed by atoms with van der Waals surface area (Å²) >= 11 is 0. The highest BCUT2D eigenvalue weighted by Gasteiger charge is 2.06. The predicted octanol–water partition coefficient (Wildman–Crippen LogP) is -2.58. The van der Waals surface area contributed by atoms with Crippen LogP contribution in [0.2, 0.25) is 0 Å². The monoisotopic (exact) mass is 251 g/mol. The number of aromatic nitrogens is 7. The molecule has 1 amide bonds. The van der Waals surface area contributed by atoms with Gasteiger partial charge in [0.15, 0.2) is 5.82 Å². The topological polar surface area (TPSA) is 129 Å². The summed E-state index contributed by atoms with van der Waals surface area (Å²) in [6.45, 7) is 0.632. The Hall–Kier alpha value is -2.36. The van der Waals surface area contributed by atoms with Gasteiger partial charge in [-0.2, -0.15) is 4.80 Å². The lowest BCUT2D eigenvalue weighted by Crippen LogP contribution is -2.29. The van der Waals surface area contributed by atoms with Gasteiger partial charge in [0.05, 0.1) is 26.3 Å². The van der Waals surface area contributed by atoms with Gasteiger partial charge in [-0.1, -0.05) is 5.21 Å². The molecule has 10 heteroatoms. The zero-order chi connectivity index (χ0) is 13.0. The van der Waals surface area contributed by atoms with E-state index in [1.54, 1.807) is 17.9 Å². The number of nitrogens with two attached hydrogens (primary N) is 1. The fraction of sp³-hybridized carbons (Fsp3) is 0.500. The number of carbonyl (C=O) groups is 1. The van der Waals surface area contributed by atoms with Crippen LogP contribution in [0.15, 0.2) is 6.20 Å². The van der Waals surface area contributed by atoms with E-state index in [9.17, 15) is 4.79 Å². The maximum atomic E-state index is 11.0. The van der Waals surface area contributed by atoms with Crippen molar-refractivity contribution in [3.05, 3.63) is 17.7 Å². The number of hydrogen-bond acceptors (Lipinski definition) is 7. The number of tetrazole rings is 1. The van der Waals surface area contributed by atoms with Crippen molar-refractivity contribution < 1.29 is 4.79 Å². The van der Waals surface area contributed by atoms with Gasteiger partial charge in [-0.15, -0.1) is 15.3 Å². The third kappa shape index (κ3) is 3.07. The molecule has 2 heterocycles. The molecule has 0 saturated carbocycles. The average Bonchev–Trinajstić information content (AvgIpc) is 2.96. The Bertz CT molecular complexity index is 530. The molecule has 0 bridgehead atoms. The minimum Gasteiger partial charge on any atom is -0.349 e. The molecule has 0 aliphatic carbocycles. The van der Waals surface area contributed by atoms with E-state index in [1.807, 2.05) is 0 Å². The van der Waals surface area contributed by atoms with E-state index in [0.29, 0.717) is 24.6 Å². The van der Waals surface area contributed by atoms with E-state index in [1.165, 1.54) is 4.80 Å². The summed E-state index contributed by atoms with van der Waals surface area (Å²) < 4.78 is 1.57. The third-order valence-corrected chi connectivity index (χ3v) is 2.09. The van der Waals surface area contributed by atoms with Crippen LogP contribution < -0.4 is 11.1 Å². The third-order valence-electron chi connectivity index (χ3n) is 2.09. The normalized spacial score (nSPS) is 10.6. The van der Waals surface area contributed by atoms with Gasteiger partial charge >= 0.3 is 0 Å². The van der Waals surface area contributed by atoms with Crippen molar-refractivity contribution >= 4 is 5.91 Å². The van der Waals surface area contributed by atoms with Crippen LogP contribution in [0, 0.1) is 0 Å². The molecule has 2 aromatic rings. The standard InChI is InChI=1S/C8H13N9O/c1-16-13-7(12-14-16)5-17-4-6(11-15-17)3-10-8(18)2-9/h4H,2-3,5,9H2,1H3,(H,10,18). The van der Waals surface area contributed by atoms with Crippen LogP contribution in [0.1, 0.15) is 11.5 Å². The molecule has 0 saturated heterocycles. The second-order valence-corrected chi connectivity index (χ2v) is 3.58. The highest BCUT2D eigenvalue weighted by molar-refractivity contribution is 5.77. The molecule has 10 nitrogen and oxygen atoms in total. The molecule has 3 N–H and O–H groups in total. The van der Waals surface area contributed by atoms with Gasteiger partial charge in [0.1, 0.15) is 12.2 Å². The van der Waals surface area contributed by atoms with E-state index in [4.69, 9.17) is 5.73 Å². The summed E-state index contributed by atoms with van der Waals surface area (Å²) in [4.78, 5) is 12.3. The van der Waals surface area contributed by atoms with Gasteiger partial charge in [0.2, 0.25) is 5.91 Å². The van der Waals surface area contributed by atoms with Crippen molar-refractivity contribution in [2.75, 3.05) is 6.54 Å². The molecule has 0 radical (unpaired) electrons. The molecule has 0 unspecified atom stereocenters. The molecular weight excluding hydrogens is 238 g/mol. The Morgan fingerprint density at radius 3 is 2.94 bits per heavy atom. The average molecular weight is 251 g/mol. The predicted molar refractivity (Wildman–Crippen MR) is 58.8 cm³/mol. The molecule has 0 spiro atoms. The molecule has 0 aromatic carbocycles. The molecule has 0 aliphatic heterocycles. The zero-order valence-corrected chi connectivity index (χ0v) is 9.81. The first-order valence-corrected chi connectivity index (χ1v) is 5.26. The van der Waals surface area contributed by atoms with E-state index >= 15 is 0 Å². The number of nitrogens with one attached hydrogen (secondary N) is 1. The van der Waals surface area contributed by atoms with Gasteiger partial charge in [-0.05, 0) is 5.21 Å². The summed E-state index contributed by atoms with van der Waals surface area (Å²) in [7, 11) is 1.69. The minimum absolute atomic E-state index is 0.0440. The van der Waals surface area contributed by atoms with E-state index < -0.39 is 0 Å². The molecule has 0 atom stereocenters. The Morgan fingerprint density at radius 1 is 1.44 bits per heavy atom. The number of aryl methyl sites for hydroxylation is 1. The van der Waals surface area contributed by atoms with Gasteiger partial charge in [-0.3, -0.25) is 4.79 Å². The Balaban J connectivity index is 1.91. The van der Waals surface area contributed by atoms with E-state index in [2.05, 4.69) is 31.0 Å². The first kappa shape index (κ1) is 12.1. The molecule has 2 aromatic heterocycles. The van der Waals surface area contributed by atoms with Gasteiger partial charge < -0.3 is 11.1 Å². The minimum atomic E-state index is -0.236. The summed E-state index contributed by atoms with van der Waals surface area (Å²) in [5, 5.41) is 22.0. The van der Waals surface area contributed by atoms with Crippen LogP contribution in [-0.2, 0) is 24.9 Å².